The highest BCUT2D eigenvalue weighted by Gasteiger charge is 2.24. The van der Waals surface area contributed by atoms with Gasteiger partial charge >= 0.3 is 0 Å². The van der Waals surface area contributed by atoms with Crippen LogP contribution in [0.4, 0.5) is 0 Å². The quantitative estimate of drug-likeness (QED) is 0.449. The van der Waals surface area contributed by atoms with E-state index in [1.54, 1.807) is 7.11 Å². The van der Waals surface area contributed by atoms with Gasteiger partial charge in [-0.3, -0.25) is 0 Å². The molecule has 0 radical (unpaired) electrons. The molecule has 0 N–H and O–H groups in total. The van der Waals surface area contributed by atoms with Crippen LogP contribution >= 0.6 is 6.89 Å². The molecule has 0 heterocycles. The van der Waals surface area contributed by atoms with E-state index in [1.807, 2.05) is 6.07 Å². The van der Waals surface area contributed by atoms with Crippen molar-refractivity contribution in [3.63, 3.8) is 0 Å². The first-order valence-electron chi connectivity index (χ1n) is 9.38. The van der Waals surface area contributed by atoms with Crippen molar-refractivity contribution < 1.29 is 4.74 Å². The molecule has 0 aliphatic carbocycles. The second-order valence-corrected chi connectivity index (χ2v) is 9.89. The number of rotatable bonds is 5. The van der Waals surface area contributed by atoms with Gasteiger partial charge in [-0.05, 0) is 46.3 Å². The highest BCUT2D eigenvalue weighted by atomic mass is 31.2. The third kappa shape index (κ3) is 3.54. The number of methoxy groups -OCH3 is 1. The monoisotopic (exact) mass is 382 g/mol. The van der Waals surface area contributed by atoms with E-state index in [4.69, 9.17) is 4.74 Å². The van der Waals surface area contributed by atoms with Gasteiger partial charge in [-0.1, -0.05) is 103 Å². The number of hydrogen-bond donors (Lipinski definition) is 0. The first-order chi connectivity index (χ1) is 13.8. The Morgan fingerprint density at radius 3 is 1.46 bits per heavy atom. The van der Waals surface area contributed by atoms with E-state index >= 15 is 0 Å². The second-order valence-electron chi connectivity index (χ2n) is 6.64. The lowest BCUT2D eigenvalue weighted by Gasteiger charge is -2.29. The zero-order valence-electron chi connectivity index (χ0n) is 15.9. The number of hydrogen-bond acceptors (Lipinski definition) is 1. The Bertz CT molecular complexity index is 983. The van der Waals surface area contributed by atoms with Crippen molar-refractivity contribution in [2.75, 3.05) is 7.11 Å². The molecule has 0 aliphatic rings. The van der Waals surface area contributed by atoms with Gasteiger partial charge in [0.25, 0.3) is 0 Å². The molecule has 2 heteroatoms. The van der Waals surface area contributed by atoms with Crippen molar-refractivity contribution in [2.24, 2.45) is 0 Å². The molecule has 0 aliphatic heterocycles. The Morgan fingerprint density at radius 1 is 0.571 bits per heavy atom. The summed E-state index contributed by atoms with van der Waals surface area (Å²) in [6.07, 6.45) is 0. The molecule has 0 aromatic heterocycles. The Labute approximate surface area is 167 Å². The summed E-state index contributed by atoms with van der Waals surface area (Å²) in [7, 11) is 1.72. The van der Waals surface area contributed by atoms with Gasteiger partial charge in [0, 0.05) is 0 Å². The van der Waals surface area contributed by atoms with Crippen LogP contribution in [-0.4, -0.2) is 12.9 Å². The molecule has 1 nitrogen and oxygen atoms in total. The predicted octanol–water partition coefficient (Wildman–Crippen LogP) is 4.84. The van der Waals surface area contributed by atoms with Crippen LogP contribution in [0.25, 0.3) is 0 Å². The van der Waals surface area contributed by atoms with Crippen LogP contribution in [0, 0.1) is 0 Å². The summed E-state index contributed by atoms with van der Waals surface area (Å²) in [6.45, 7) is -1.99. The fourth-order valence-corrected chi connectivity index (χ4v) is 7.48. The van der Waals surface area contributed by atoms with Crippen molar-refractivity contribution in [3.8, 4) is 5.75 Å². The molecular formula is C26H23OP. The van der Waals surface area contributed by atoms with Gasteiger partial charge in [-0.25, -0.2) is 0 Å². The van der Waals surface area contributed by atoms with E-state index in [0.29, 0.717) is 0 Å². The third-order valence-corrected chi connectivity index (χ3v) is 8.95. The first kappa shape index (κ1) is 18.3. The smallest absolute Gasteiger partial charge is 0.119 e. The highest BCUT2D eigenvalue weighted by Crippen LogP contribution is 2.44. The van der Waals surface area contributed by atoms with E-state index in [2.05, 4.69) is 115 Å². The largest absolute Gasteiger partial charge is 0.497 e. The molecule has 0 saturated heterocycles. The van der Waals surface area contributed by atoms with E-state index in [1.165, 1.54) is 21.5 Å². The van der Waals surface area contributed by atoms with Gasteiger partial charge in [0.05, 0.1) is 7.11 Å². The Kier molecular flexibility index (Phi) is 5.46. The molecule has 4 aromatic rings. The third-order valence-electron chi connectivity index (χ3n) is 4.93. The Hall–Kier alpha value is -3.02. The Balaban J connectivity index is 2.11. The lowest BCUT2D eigenvalue weighted by Crippen LogP contribution is -2.27. The molecule has 0 bridgehead atoms. The summed E-state index contributed by atoms with van der Waals surface area (Å²) in [4.78, 5) is 0. The van der Waals surface area contributed by atoms with Crippen molar-refractivity contribution >= 4 is 28.6 Å². The summed E-state index contributed by atoms with van der Waals surface area (Å²) < 4.78 is 5.48. The minimum Gasteiger partial charge on any atom is -0.497 e. The average molecular weight is 382 g/mol. The molecule has 138 valence electrons. The maximum atomic E-state index is 5.48. The van der Waals surface area contributed by atoms with Crippen LogP contribution in [0.3, 0.4) is 0 Å². The van der Waals surface area contributed by atoms with E-state index in [0.717, 1.165) is 5.75 Å². The fourth-order valence-electron chi connectivity index (χ4n) is 3.61. The van der Waals surface area contributed by atoms with Crippen LogP contribution < -0.4 is 20.7 Å². The molecule has 4 rings (SSSR count). The summed E-state index contributed by atoms with van der Waals surface area (Å²) in [5, 5.41) is 4.03. The topological polar surface area (TPSA) is 9.23 Å². The van der Waals surface area contributed by atoms with Crippen LogP contribution in [0.15, 0.2) is 115 Å². The highest BCUT2D eigenvalue weighted by molar-refractivity contribution is 7.94. The van der Waals surface area contributed by atoms with Crippen molar-refractivity contribution in [1.29, 1.82) is 0 Å². The SMILES string of the molecule is COc1cccc(C=P(c2ccccc2)(c2ccccc2)c2ccccc2)c1. The molecule has 28 heavy (non-hydrogen) atoms. The second kappa shape index (κ2) is 8.33. The maximum absolute atomic E-state index is 5.48. The predicted molar refractivity (Wildman–Crippen MR) is 123 cm³/mol. The van der Waals surface area contributed by atoms with Crippen molar-refractivity contribution in [2.45, 2.75) is 0 Å². The molecule has 0 fully saturated rings. The minimum absolute atomic E-state index is 0.876. The van der Waals surface area contributed by atoms with Gasteiger partial charge in [0.1, 0.15) is 5.75 Å². The molecule has 0 spiro atoms. The summed E-state index contributed by atoms with van der Waals surface area (Å²) in [5.74, 6) is 3.33. The number of ether oxygens (including phenoxy) is 1. The van der Waals surface area contributed by atoms with E-state index in [-0.39, 0.29) is 0 Å². The van der Waals surface area contributed by atoms with Gasteiger partial charge in [0.2, 0.25) is 0 Å². The first-order valence-corrected chi connectivity index (χ1v) is 11.2. The molecule has 0 saturated carbocycles. The fraction of sp³-hybridized carbons (Fsp3) is 0.0385. The summed E-state index contributed by atoms with van der Waals surface area (Å²) in [6, 6.07) is 40.9. The standard InChI is InChI=1S/C26H23OP/c1-27-23-13-11-12-22(20-23)21-28(24-14-5-2-6-15-24,25-16-7-3-8-17-25)26-18-9-4-10-19-26/h2-21H,1H3. The van der Waals surface area contributed by atoms with Crippen LogP contribution in [0.2, 0.25) is 0 Å². The van der Waals surface area contributed by atoms with Gasteiger partial charge in [0.15, 0.2) is 0 Å². The van der Waals surface area contributed by atoms with E-state index in [9.17, 15) is 0 Å². The summed E-state index contributed by atoms with van der Waals surface area (Å²) >= 11 is 0. The Morgan fingerprint density at radius 2 is 1.04 bits per heavy atom. The van der Waals surface area contributed by atoms with Crippen molar-refractivity contribution in [1.82, 2.24) is 0 Å². The van der Waals surface area contributed by atoms with Gasteiger partial charge < -0.3 is 4.74 Å². The maximum Gasteiger partial charge on any atom is 0.119 e. The molecular weight excluding hydrogens is 359 g/mol. The lowest BCUT2D eigenvalue weighted by atomic mass is 10.2. The molecule has 0 unspecified atom stereocenters. The van der Waals surface area contributed by atoms with Gasteiger partial charge in [-0.2, -0.15) is 0 Å². The molecule has 0 atom stereocenters. The van der Waals surface area contributed by atoms with Crippen LogP contribution in [-0.2, 0) is 0 Å². The van der Waals surface area contributed by atoms with Gasteiger partial charge in [-0.15, -0.1) is 0 Å². The molecule has 0 amide bonds. The zero-order chi connectivity index (χ0) is 19.2. The number of benzene rings is 4. The summed E-state index contributed by atoms with van der Waals surface area (Å²) in [5.41, 5.74) is 1.17. The van der Waals surface area contributed by atoms with Crippen molar-refractivity contribution in [3.05, 3.63) is 121 Å². The molecule has 4 aromatic carbocycles. The van der Waals surface area contributed by atoms with Crippen LogP contribution in [0.1, 0.15) is 5.56 Å². The van der Waals surface area contributed by atoms with E-state index < -0.39 is 6.89 Å². The minimum atomic E-state index is -1.99. The zero-order valence-corrected chi connectivity index (χ0v) is 16.8. The van der Waals surface area contributed by atoms with Crippen LogP contribution in [0.5, 0.6) is 5.75 Å². The average Bonchev–Trinajstić information content (AvgIpc) is 2.79. The normalized spacial score (nSPS) is 11.0. The lowest BCUT2D eigenvalue weighted by molar-refractivity contribution is 0.415.